The molecule has 9 nitrogen and oxygen atoms in total. The highest BCUT2D eigenvalue weighted by atomic mass is 16.6. The molecule has 0 rings (SSSR count). The zero-order valence-electron chi connectivity index (χ0n) is 17.2. The van der Waals surface area contributed by atoms with Gasteiger partial charge in [-0.05, 0) is 20.3 Å². The summed E-state index contributed by atoms with van der Waals surface area (Å²) in [4.78, 5) is 45.5. The Kier molecular flexibility index (Phi) is 14.1. The van der Waals surface area contributed by atoms with Crippen molar-refractivity contribution >= 4 is 23.5 Å². The van der Waals surface area contributed by atoms with E-state index in [2.05, 4.69) is 0 Å². The van der Waals surface area contributed by atoms with Crippen LogP contribution in [0, 0.1) is 5.41 Å². The van der Waals surface area contributed by atoms with Crippen LogP contribution in [-0.2, 0) is 42.9 Å². The molecule has 0 aliphatic rings. The van der Waals surface area contributed by atoms with E-state index in [1.165, 1.54) is 13.8 Å². The molecule has 0 aliphatic heterocycles. The van der Waals surface area contributed by atoms with Crippen LogP contribution in [0.25, 0.3) is 0 Å². The smallest absolute Gasteiger partial charge is 0.313 e. The fourth-order valence-electron chi connectivity index (χ4n) is 2.06. The number of carbonyl (C=O) groups excluding carboxylic acids is 4. The molecule has 0 aromatic carbocycles. The van der Waals surface area contributed by atoms with Crippen LogP contribution in [-0.4, -0.2) is 76.9 Å². The topological polar surface area (TPSA) is 114 Å². The Labute approximate surface area is 166 Å². The molecule has 0 aromatic rings. The molecular weight excluding hydrogens is 372 g/mol. The molecule has 0 fully saturated rings. The highest BCUT2D eigenvalue weighted by Gasteiger charge is 2.33. The van der Waals surface area contributed by atoms with Crippen molar-refractivity contribution in [1.29, 1.82) is 0 Å². The number of Topliss-reactive ketones (excluding diaryl/α,β-unsaturated/α-hetero) is 2. The number of rotatable bonds is 17. The molecule has 0 unspecified atom stereocenters. The number of carbonyl (C=O) groups is 4. The van der Waals surface area contributed by atoms with E-state index in [0.717, 1.165) is 0 Å². The Hall–Kier alpha value is -1.84. The molecule has 0 aromatic heterocycles. The molecule has 162 valence electrons. The Morgan fingerprint density at radius 2 is 1.18 bits per heavy atom. The minimum absolute atomic E-state index is 0.0759. The van der Waals surface area contributed by atoms with E-state index in [1.54, 1.807) is 7.11 Å². The average molecular weight is 404 g/mol. The van der Waals surface area contributed by atoms with E-state index in [0.29, 0.717) is 32.8 Å². The zero-order valence-corrected chi connectivity index (χ0v) is 17.2. The summed E-state index contributed by atoms with van der Waals surface area (Å²) in [5.41, 5.74) is -0.786. The van der Waals surface area contributed by atoms with Gasteiger partial charge in [0.1, 0.15) is 37.6 Å². The predicted molar refractivity (Wildman–Crippen MR) is 98.8 cm³/mol. The van der Waals surface area contributed by atoms with Gasteiger partial charge < -0.3 is 23.7 Å². The SMILES string of the molecule is CCC(COCCOCCOC)(COC(=O)CC(C)=O)COC(=O)CC(C)=O. The van der Waals surface area contributed by atoms with E-state index in [9.17, 15) is 19.2 Å². The number of ketones is 2. The second-order valence-electron chi connectivity index (χ2n) is 6.59. The number of ether oxygens (including phenoxy) is 5. The summed E-state index contributed by atoms with van der Waals surface area (Å²) < 4.78 is 26.2. The second kappa shape index (κ2) is 15.1. The van der Waals surface area contributed by atoms with E-state index in [-0.39, 0.29) is 44.2 Å². The van der Waals surface area contributed by atoms with E-state index in [4.69, 9.17) is 23.7 Å². The fourth-order valence-corrected chi connectivity index (χ4v) is 2.06. The number of esters is 2. The van der Waals surface area contributed by atoms with Gasteiger partial charge in [0.2, 0.25) is 0 Å². The molecule has 0 heterocycles. The largest absolute Gasteiger partial charge is 0.465 e. The summed E-state index contributed by atoms with van der Waals surface area (Å²) in [5.74, 6) is -1.90. The maximum atomic E-state index is 11.7. The third kappa shape index (κ3) is 13.3. The molecular formula is C19H32O9. The van der Waals surface area contributed by atoms with E-state index >= 15 is 0 Å². The first kappa shape index (κ1) is 26.2. The van der Waals surface area contributed by atoms with Gasteiger partial charge in [-0.25, -0.2) is 0 Å². The van der Waals surface area contributed by atoms with Crippen molar-refractivity contribution in [3.05, 3.63) is 0 Å². The normalized spacial score (nSPS) is 11.1. The summed E-state index contributed by atoms with van der Waals surface area (Å²) >= 11 is 0. The van der Waals surface area contributed by atoms with Crippen molar-refractivity contribution in [2.45, 2.75) is 40.0 Å². The summed E-state index contributed by atoms with van der Waals surface area (Å²) in [7, 11) is 1.58. The molecule has 0 saturated heterocycles. The van der Waals surface area contributed by atoms with Gasteiger partial charge in [-0.2, -0.15) is 0 Å². The van der Waals surface area contributed by atoms with Crippen molar-refractivity contribution in [2.24, 2.45) is 5.41 Å². The molecule has 0 atom stereocenters. The van der Waals surface area contributed by atoms with Gasteiger partial charge in [0.25, 0.3) is 0 Å². The molecule has 0 amide bonds. The number of hydrogen-bond acceptors (Lipinski definition) is 9. The van der Waals surface area contributed by atoms with Crippen LogP contribution in [0.1, 0.15) is 40.0 Å². The Balaban J connectivity index is 4.70. The van der Waals surface area contributed by atoms with E-state index in [1.807, 2.05) is 6.92 Å². The quantitative estimate of drug-likeness (QED) is 0.200. The standard InChI is InChI=1S/C19H32O9/c1-5-19(13-27-17(22)10-15(2)20,14-28-18(23)11-16(3)21)12-26-9-8-25-7-6-24-4/h5-14H2,1-4H3. The monoisotopic (exact) mass is 404 g/mol. The average Bonchev–Trinajstić information content (AvgIpc) is 2.61. The van der Waals surface area contributed by atoms with Crippen molar-refractivity contribution < 1.29 is 42.9 Å². The lowest BCUT2D eigenvalue weighted by Gasteiger charge is -2.31. The van der Waals surface area contributed by atoms with Crippen LogP contribution in [0.15, 0.2) is 0 Å². The minimum atomic E-state index is -0.786. The second-order valence-corrected chi connectivity index (χ2v) is 6.59. The summed E-state index contributed by atoms with van der Waals surface area (Å²) in [6.45, 7) is 6.02. The predicted octanol–water partition coefficient (Wildman–Crippen LogP) is 1.11. The van der Waals surface area contributed by atoms with Crippen molar-refractivity contribution in [1.82, 2.24) is 0 Å². The summed E-state index contributed by atoms with van der Waals surface area (Å²) in [6, 6.07) is 0. The molecule has 0 spiro atoms. The Morgan fingerprint density at radius 3 is 1.61 bits per heavy atom. The molecule has 0 saturated carbocycles. The van der Waals surface area contributed by atoms with Crippen LogP contribution >= 0.6 is 0 Å². The van der Waals surface area contributed by atoms with Crippen LogP contribution in [0.2, 0.25) is 0 Å². The highest BCUT2D eigenvalue weighted by Crippen LogP contribution is 2.24. The minimum Gasteiger partial charge on any atom is -0.465 e. The molecule has 9 heteroatoms. The van der Waals surface area contributed by atoms with Crippen LogP contribution in [0.3, 0.4) is 0 Å². The van der Waals surface area contributed by atoms with Gasteiger partial charge in [-0.1, -0.05) is 6.92 Å². The van der Waals surface area contributed by atoms with Gasteiger partial charge in [-0.3, -0.25) is 19.2 Å². The summed E-state index contributed by atoms with van der Waals surface area (Å²) in [5, 5.41) is 0. The van der Waals surface area contributed by atoms with Crippen molar-refractivity contribution in [3.63, 3.8) is 0 Å². The Morgan fingerprint density at radius 1 is 0.714 bits per heavy atom. The molecule has 0 bridgehead atoms. The first-order valence-electron chi connectivity index (χ1n) is 9.19. The number of hydrogen-bond donors (Lipinski definition) is 0. The first-order valence-corrected chi connectivity index (χ1v) is 9.19. The fraction of sp³-hybridized carbons (Fsp3) is 0.789. The maximum Gasteiger partial charge on any atom is 0.313 e. The number of methoxy groups -OCH3 is 1. The summed E-state index contributed by atoms with van der Waals surface area (Å²) in [6.07, 6.45) is -0.158. The van der Waals surface area contributed by atoms with E-state index < -0.39 is 17.4 Å². The van der Waals surface area contributed by atoms with Crippen molar-refractivity contribution in [3.8, 4) is 0 Å². The third-order valence-corrected chi connectivity index (χ3v) is 3.83. The lowest BCUT2D eigenvalue weighted by Crippen LogP contribution is -2.39. The molecule has 28 heavy (non-hydrogen) atoms. The lowest BCUT2D eigenvalue weighted by molar-refractivity contribution is -0.159. The van der Waals surface area contributed by atoms with Crippen LogP contribution in [0.4, 0.5) is 0 Å². The molecule has 0 N–H and O–H groups in total. The van der Waals surface area contributed by atoms with Gasteiger partial charge in [0.05, 0.1) is 38.4 Å². The van der Waals surface area contributed by atoms with Crippen LogP contribution < -0.4 is 0 Å². The first-order chi connectivity index (χ1) is 13.2. The zero-order chi connectivity index (χ0) is 21.4. The van der Waals surface area contributed by atoms with Gasteiger partial charge in [-0.15, -0.1) is 0 Å². The third-order valence-electron chi connectivity index (χ3n) is 3.83. The highest BCUT2D eigenvalue weighted by molar-refractivity contribution is 5.94. The van der Waals surface area contributed by atoms with Crippen molar-refractivity contribution in [2.75, 3.05) is 53.4 Å². The maximum absolute atomic E-state index is 11.7. The van der Waals surface area contributed by atoms with Crippen LogP contribution in [0.5, 0.6) is 0 Å². The molecule has 0 radical (unpaired) electrons. The lowest BCUT2D eigenvalue weighted by atomic mass is 9.88. The van der Waals surface area contributed by atoms with Gasteiger partial charge >= 0.3 is 11.9 Å². The van der Waals surface area contributed by atoms with Gasteiger partial charge in [0, 0.05) is 7.11 Å². The Bertz CT molecular complexity index is 470. The van der Waals surface area contributed by atoms with Gasteiger partial charge in [0.15, 0.2) is 0 Å². The molecule has 0 aliphatic carbocycles.